The Kier molecular flexibility index (Phi) is 3.53. The summed E-state index contributed by atoms with van der Waals surface area (Å²) >= 11 is 0. The molecule has 0 aliphatic rings. The molecule has 2 nitrogen and oxygen atoms in total. The Morgan fingerprint density at radius 1 is 0.708 bits per heavy atom. The first kappa shape index (κ1) is 14.2. The van der Waals surface area contributed by atoms with Gasteiger partial charge in [0.1, 0.15) is 0 Å². The monoisotopic (exact) mass is 306 g/mol. The summed E-state index contributed by atoms with van der Waals surface area (Å²) in [4.78, 5) is 4.59. The van der Waals surface area contributed by atoms with Crippen molar-refractivity contribution >= 4 is 10.8 Å². The second-order valence-corrected chi connectivity index (χ2v) is 5.65. The van der Waals surface area contributed by atoms with Gasteiger partial charge in [0, 0.05) is 17.1 Å². The largest absolute Gasteiger partial charge is 0.256 e. The molecule has 0 saturated heterocycles. The van der Waals surface area contributed by atoms with Gasteiger partial charge in [-0.05, 0) is 40.8 Å². The van der Waals surface area contributed by atoms with Crippen LogP contribution in [0.5, 0.6) is 0 Å². The molecule has 4 rings (SSSR count). The van der Waals surface area contributed by atoms with Crippen molar-refractivity contribution in [3.05, 3.63) is 90.6 Å². The van der Waals surface area contributed by atoms with Crippen LogP contribution in [-0.4, -0.2) is 4.98 Å². The molecule has 0 saturated carbocycles. The van der Waals surface area contributed by atoms with E-state index >= 15 is 0 Å². The zero-order valence-corrected chi connectivity index (χ0v) is 13.0. The summed E-state index contributed by atoms with van der Waals surface area (Å²) in [6.07, 6.45) is 1.85. The van der Waals surface area contributed by atoms with Crippen LogP contribution >= 0.6 is 0 Å². The summed E-state index contributed by atoms with van der Waals surface area (Å²) < 4.78 is 0. The molecule has 0 spiro atoms. The maximum atomic E-state index is 9.10. The number of nitriles is 1. The van der Waals surface area contributed by atoms with E-state index in [2.05, 4.69) is 41.4 Å². The molecule has 0 fully saturated rings. The molecule has 4 aromatic rings. The van der Waals surface area contributed by atoms with Crippen molar-refractivity contribution in [2.45, 2.75) is 0 Å². The summed E-state index contributed by atoms with van der Waals surface area (Å²) in [5, 5.41) is 11.4. The molecule has 24 heavy (non-hydrogen) atoms. The minimum atomic E-state index is 0.668. The fourth-order valence-corrected chi connectivity index (χ4v) is 2.96. The maximum absolute atomic E-state index is 9.10. The van der Waals surface area contributed by atoms with Crippen LogP contribution in [0.3, 0.4) is 0 Å². The molecule has 2 heteroatoms. The lowest BCUT2D eigenvalue weighted by Crippen LogP contribution is -1.87. The lowest BCUT2D eigenvalue weighted by molar-refractivity contribution is 1.36. The van der Waals surface area contributed by atoms with Gasteiger partial charge in [-0.15, -0.1) is 0 Å². The molecular formula is C22H14N2. The van der Waals surface area contributed by atoms with Crippen molar-refractivity contribution in [1.82, 2.24) is 4.98 Å². The Labute approximate surface area is 140 Å². The molecule has 0 aliphatic heterocycles. The molecule has 0 amide bonds. The van der Waals surface area contributed by atoms with Crippen LogP contribution in [0.25, 0.3) is 33.2 Å². The highest BCUT2D eigenvalue weighted by Crippen LogP contribution is 2.30. The van der Waals surface area contributed by atoms with E-state index in [4.69, 9.17) is 5.26 Å². The molecule has 0 radical (unpaired) electrons. The second kappa shape index (κ2) is 5.98. The summed E-state index contributed by atoms with van der Waals surface area (Å²) in [5.74, 6) is 0. The SMILES string of the molecule is N#Cc1cccc(-c2cccc(-c3nccc4ccccc34)c2)c1. The molecule has 0 bridgehead atoms. The standard InChI is InChI=1S/C22H14N2/c23-15-16-5-3-7-18(13-16)19-8-4-9-20(14-19)22-21-10-2-1-6-17(21)11-12-24-22/h1-14H. The van der Waals surface area contributed by atoms with Crippen molar-refractivity contribution in [1.29, 1.82) is 5.26 Å². The summed E-state index contributed by atoms with van der Waals surface area (Å²) in [5.41, 5.74) is 4.84. The van der Waals surface area contributed by atoms with Gasteiger partial charge in [-0.2, -0.15) is 5.26 Å². The number of pyridine rings is 1. The Morgan fingerprint density at radius 3 is 2.33 bits per heavy atom. The number of nitrogens with zero attached hydrogens (tertiary/aromatic N) is 2. The van der Waals surface area contributed by atoms with Gasteiger partial charge in [-0.1, -0.05) is 54.6 Å². The fraction of sp³-hybridized carbons (Fsp3) is 0. The number of rotatable bonds is 2. The van der Waals surface area contributed by atoms with Crippen molar-refractivity contribution in [2.75, 3.05) is 0 Å². The van der Waals surface area contributed by atoms with Gasteiger partial charge < -0.3 is 0 Å². The van der Waals surface area contributed by atoms with E-state index in [9.17, 15) is 0 Å². The third kappa shape index (κ3) is 2.53. The van der Waals surface area contributed by atoms with Crippen LogP contribution in [0.15, 0.2) is 85.1 Å². The van der Waals surface area contributed by atoms with Gasteiger partial charge in [0.25, 0.3) is 0 Å². The fourth-order valence-electron chi connectivity index (χ4n) is 2.96. The predicted octanol–water partition coefficient (Wildman–Crippen LogP) is 5.44. The average molecular weight is 306 g/mol. The van der Waals surface area contributed by atoms with E-state index in [-0.39, 0.29) is 0 Å². The second-order valence-electron chi connectivity index (χ2n) is 5.65. The maximum Gasteiger partial charge on any atom is 0.0991 e. The molecular weight excluding hydrogens is 292 g/mol. The van der Waals surface area contributed by atoms with E-state index in [1.165, 1.54) is 5.39 Å². The zero-order chi connectivity index (χ0) is 16.4. The third-order valence-corrected chi connectivity index (χ3v) is 4.13. The summed E-state index contributed by atoms with van der Waals surface area (Å²) in [7, 11) is 0. The van der Waals surface area contributed by atoms with Crippen LogP contribution < -0.4 is 0 Å². The van der Waals surface area contributed by atoms with E-state index in [1.54, 1.807) is 0 Å². The highest BCUT2D eigenvalue weighted by atomic mass is 14.7. The van der Waals surface area contributed by atoms with Crippen LogP contribution in [0.2, 0.25) is 0 Å². The molecule has 112 valence electrons. The average Bonchev–Trinajstić information content (AvgIpc) is 2.67. The molecule has 0 unspecified atom stereocenters. The number of hydrogen-bond donors (Lipinski definition) is 0. The number of aromatic nitrogens is 1. The Morgan fingerprint density at radius 2 is 1.46 bits per heavy atom. The van der Waals surface area contributed by atoms with Crippen molar-refractivity contribution in [3.8, 4) is 28.5 Å². The predicted molar refractivity (Wildman–Crippen MR) is 97.3 cm³/mol. The lowest BCUT2D eigenvalue weighted by atomic mass is 9.98. The summed E-state index contributed by atoms with van der Waals surface area (Å²) in [6.45, 7) is 0. The Balaban J connectivity index is 1.87. The van der Waals surface area contributed by atoms with E-state index in [0.29, 0.717) is 5.56 Å². The number of benzene rings is 3. The summed E-state index contributed by atoms with van der Waals surface area (Å²) in [6, 6.07) is 28.5. The number of fused-ring (bicyclic) bond motifs is 1. The third-order valence-electron chi connectivity index (χ3n) is 4.13. The van der Waals surface area contributed by atoms with Gasteiger partial charge in [-0.3, -0.25) is 4.98 Å². The van der Waals surface area contributed by atoms with E-state index in [0.717, 1.165) is 27.8 Å². The first-order valence-electron chi connectivity index (χ1n) is 7.80. The highest BCUT2D eigenvalue weighted by Gasteiger charge is 2.07. The minimum absolute atomic E-state index is 0.668. The van der Waals surface area contributed by atoms with Crippen molar-refractivity contribution in [3.63, 3.8) is 0 Å². The Bertz CT molecular complexity index is 1070. The van der Waals surface area contributed by atoms with Gasteiger partial charge in [0.2, 0.25) is 0 Å². The van der Waals surface area contributed by atoms with E-state index in [1.807, 2.05) is 54.7 Å². The Hall–Kier alpha value is -3.44. The van der Waals surface area contributed by atoms with Crippen molar-refractivity contribution < 1.29 is 0 Å². The number of hydrogen-bond acceptors (Lipinski definition) is 2. The quantitative estimate of drug-likeness (QED) is 0.494. The smallest absolute Gasteiger partial charge is 0.0991 e. The van der Waals surface area contributed by atoms with Crippen LogP contribution in [0.1, 0.15) is 5.56 Å². The van der Waals surface area contributed by atoms with Gasteiger partial charge in [0.05, 0.1) is 17.3 Å². The molecule has 0 N–H and O–H groups in total. The minimum Gasteiger partial charge on any atom is -0.256 e. The first-order valence-corrected chi connectivity index (χ1v) is 7.80. The first-order chi connectivity index (χ1) is 11.8. The molecule has 1 heterocycles. The lowest BCUT2D eigenvalue weighted by Gasteiger charge is -2.08. The molecule has 0 atom stereocenters. The molecule has 3 aromatic carbocycles. The van der Waals surface area contributed by atoms with Gasteiger partial charge in [-0.25, -0.2) is 0 Å². The molecule has 1 aromatic heterocycles. The molecule has 0 aliphatic carbocycles. The van der Waals surface area contributed by atoms with Gasteiger partial charge in [0.15, 0.2) is 0 Å². The van der Waals surface area contributed by atoms with Gasteiger partial charge >= 0.3 is 0 Å². The van der Waals surface area contributed by atoms with Crippen LogP contribution in [-0.2, 0) is 0 Å². The van der Waals surface area contributed by atoms with Crippen LogP contribution in [0, 0.1) is 11.3 Å². The zero-order valence-electron chi connectivity index (χ0n) is 13.0. The topological polar surface area (TPSA) is 36.7 Å². The highest BCUT2D eigenvalue weighted by molar-refractivity contribution is 5.95. The van der Waals surface area contributed by atoms with Crippen LogP contribution in [0.4, 0.5) is 0 Å². The normalized spacial score (nSPS) is 10.5. The van der Waals surface area contributed by atoms with Crippen molar-refractivity contribution in [2.24, 2.45) is 0 Å². The van der Waals surface area contributed by atoms with E-state index < -0.39 is 0 Å².